The molecule has 1 saturated heterocycles. The van der Waals surface area contributed by atoms with Gasteiger partial charge in [0.15, 0.2) is 21.3 Å². The molecule has 1 fully saturated rings. The molecule has 4 nitrogen and oxygen atoms in total. The maximum absolute atomic E-state index is 12.4. The highest BCUT2D eigenvalue weighted by Gasteiger charge is 2.33. The molecule has 8 heteroatoms. The van der Waals surface area contributed by atoms with Gasteiger partial charge in [-0.1, -0.05) is 22.0 Å². The van der Waals surface area contributed by atoms with Crippen LogP contribution in [0.15, 0.2) is 18.2 Å². The molecule has 1 aromatic carbocycles. The third kappa shape index (κ3) is 4.06. The number of hydrogen-bond acceptors (Lipinski definition) is 4. The molecule has 2 rings (SSSR count). The number of alkyl halides is 3. The zero-order valence-electron chi connectivity index (χ0n) is 11.3. The van der Waals surface area contributed by atoms with E-state index in [-0.39, 0.29) is 33.7 Å². The van der Waals surface area contributed by atoms with Crippen LogP contribution in [-0.4, -0.2) is 33.6 Å². The van der Waals surface area contributed by atoms with Crippen molar-refractivity contribution in [2.24, 2.45) is 5.92 Å². The lowest BCUT2D eigenvalue weighted by atomic mass is 9.98. The summed E-state index contributed by atoms with van der Waals surface area (Å²) in [7, 11) is -1.63. The van der Waals surface area contributed by atoms with Crippen LogP contribution in [0.25, 0.3) is 0 Å². The van der Waals surface area contributed by atoms with Crippen molar-refractivity contribution in [1.29, 1.82) is 0 Å². The summed E-state index contributed by atoms with van der Waals surface area (Å²) in [5.74, 6) is 0.326. The van der Waals surface area contributed by atoms with Crippen molar-refractivity contribution in [3.05, 3.63) is 23.8 Å². The first kappa shape index (κ1) is 16.5. The molecule has 21 heavy (non-hydrogen) atoms. The summed E-state index contributed by atoms with van der Waals surface area (Å²) in [6.45, 7) is -2.95. The number of methoxy groups -OCH3 is 1. The normalized spacial score (nSPS) is 22.2. The number of hydrogen-bond donors (Lipinski definition) is 0. The Labute approximate surface area is 130 Å². The number of halogens is 3. The number of rotatable bonds is 5. The quantitative estimate of drug-likeness (QED) is 0.731. The van der Waals surface area contributed by atoms with E-state index in [1.54, 1.807) is 6.07 Å². The Kier molecular flexibility index (Phi) is 5.08. The van der Waals surface area contributed by atoms with Gasteiger partial charge in [0.2, 0.25) is 0 Å². The molecule has 0 spiro atoms. The second-order valence-corrected chi connectivity index (χ2v) is 8.07. The number of ether oxygens (including phenoxy) is 2. The highest BCUT2D eigenvalue weighted by molar-refractivity contribution is 9.09. The van der Waals surface area contributed by atoms with E-state index < -0.39 is 16.4 Å². The second-order valence-electron chi connectivity index (χ2n) is 4.85. The fraction of sp³-hybridized carbons (Fsp3) is 0.538. The maximum Gasteiger partial charge on any atom is 0.387 e. The van der Waals surface area contributed by atoms with Gasteiger partial charge in [0.25, 0.3) is 0 Å². The summed E-state index contributed by atoms with van der Waals surface area (Å²) >= 11 is 3.46. The molecule has 0 aliphatic carbocycles. The Morgan fingerprint density at radius 2 is 2.05 bits per heavy atom. The van der Waals surface area contributed by atoms with E-state index in [2.05, 4.69) is 20.7 Å². The molecule has 0 aromatic heterocycles. The minimum atomic E-state index is -3.00. The summed E-state index contributed by atoms with van der Waals surface area (Å²) in [5, 5.41) is 0. The predicted molar refractivity (Wildman–Crippen MR) is 78.1 cm³/mol. The van der Waals surface area contributed by atoms with Crippen LogP contribution in [0.5, 0.6) is 11.5 Å². The summed E-state index contributed by atoms with van der Waals surface area (Å²) in [6.07, 6.45) is 0.551. The minimum absolute atomic E-state index is 0.0599. The van der Waals surface area contributed by atoms with Crippen LogP contribution in [0, 0.1) is 5.92 Å². The third-order valence-electron chi connectivity index (χ3n) is 3.40. The van der Waals surface area contributed by atoms with Crippen molar-refractivity contribution < 1.29 is 26.7 Å². The van der Waals surface area contributed by atoms with Gasteiger partial charge in [-0.3, -0.25) is 0 Å². The van der Waals surface area contributed by atoms with E-state index >= 15 is 0 Å². The van der Waals surface area contributed by atoms with E-state index in [0.717, 1.165) is 0 Å². The Hall–Kier alpha value is -0.890. The van der Waals surface area contributed by atoms with E-state index in [1.165, 1.54) is 19.2 Å². The monoisotopic (exact) mass is 384 g/mol. The van der Waals surface area contributed by atoms with Gasteiger partial charge in [-0.25, -0.2) is 8.42 Å². The van der Waals surface area contributed by atoms with Crippen LogP contribution < -0.4 is 9.47 Å². The van der Waals surface area contributed by atoms with Crippen molar-refractivity contribution >= 4 is 25.8 Å². The molecule has 2 unspecified atom stereocenters. The Morgan fingerprint density at radius 1 is 1.33 bits per heavy atom. The van der Waals surface area contributed by atoms with Gasteiger partial charge in [-0.05, 0) is 30.0 Å². The van der Waals surface area contributed by atoms with Gasteiger partial charge in [-0.15, -0.1) is 0 Å². The Balaban J connectivity index is 2.23. The van der Waals surface area contributed by atoms with Crippen molar-refractivity contribution in [2.45, 2.75) is 17.9 Å². The fourth-order valence-electron chi connectivity index (χ4n) is 2.38. The molecule has 1 heterocycles. The third-order valence-corrected chi connectivity index (χ3v) is 6.47. The van der Waals surface area contributed by atoms with Crippen LogP contribution in [0.4, 0.5) is 8.78 Å². The first-order chi connectivity index (χ1) is 9.82. The van der Waals surface area contributed by atoms with Crippen LogP contribution in [0.2, 0.25) is 0 Å². The van der Waals surface area contributed by atoms with Crippen LogP contribution in [-0.2, 0) is 9.84 Å². The highest BCUT2D eigenvalue weighted by Crippen LogP contribution is 2.41. The first-order valence-corrected chi connectivity index (χ1v) is 9.03. The SMILES string of the molecule is COc1ccc(C(Br)C2CCS(=O)(=O)C2)cc1OC(F)F. The van der Waals surface area contributed by atoms with Crippen molar-refractivity contribution in [1.82, 2.24) is 0 Å². The van der Waals surface area contributed by atoms with E-state index in [1.807, 2.05) is 0 Å². The van der Waals surface area contributed by atoms with Crippen molar-refractivity contribution in [3.8, 4) is 11.5 Å². The molecular formula is C13H15BrF2O4S. The summed E-state index contributed by atoms with van der Waals surface area (Å²) in [4.78, 5) is -0.235. The Morgan fingerprint density at radius 3 is 2.57 bits per heavy atom. The highest BCUT2D eigenvalue weighted by atomic mass is 79.9. The van der Waals surface area contributed by atoms with Gasteiger partial charge in [0, 0.05) is 4.83 Å². The van der Waals surface area contributed by atoms with E-state index in [9.17, 15) is 17.2 Å². The summed E-state index contributed by atoms with van der Waals surface area (Å²) < 4.78 is 57.3. The largest absolute Gasteiger partial charge is 0.493 e. The smallest absolute Gasteiger partial charge is 0.387 e. The Bertz CT molecular complexity index is 606. The fourth-order valence-corrected chi connectivity index (χ4v) is 5.20. The lowest BCUT2D eigenvalue weighted by Crippen LogP contribution is -2.11. The number of sulfone groups is 1. The average Bonchev–Trinajstić information content (AvgIpc) is 2.77. The van der Waals surface area contributed by atoms with Gasteiger partial charge in [-0.2, -0.15) is 8.78 Å². The van der Waals surface area contributed by atoms with Crippen LogP contribution in [0.3, 0.4) is 0 Å². The number of benzene rings is 1. The molecule has 118 valence electrons. The predicted octanol–water partition coefficient (Wildman–Crippen LogP) is 3.17. The molecule has 1 aliphatic rings. The maximum atomic E-state index is 12.4. The van der Waals surface area contributed by atoms with Crippen molar-refractivity contribution in [2.75, 3.05) is 18.6 Å². The molecule has 0 amide bonds. The lowest BCUT2D eigenvalue weighted by molar-refractivity contribution is -0.0512. The molecule has 1 aromatic rings. The first-order valence-electron chi connectivity index (χ1n) is 6.29. The standard InChI is InChI=1S/C13H15BrF2O4S/c1-19-10-3-2-8(6-11(10)20-13(15)16)12(14)9-4-5-21(17,18)7-9/h2-3,6,9,12-13H,4-5,7H2,1H3. The molecule has 2 atom stereocenters. The molecule has 1 aliphatic heterocycles. The zero-order valence-corrected chi connectivity index (χ0v) is 13.7. The second kappa shape index (κ2) is 6.48. The van der Waals surface area contributed by atoms with Gasteiger partial charge in [0.05, 0.1) is 18.6 Å². The minimum Gasteiger partial charge on any atom is -0.493 e. The summed E-state index contributed by atoms with van der Waals surface area (Å²) in [6, 6.07) is 4.70. The average molecular weight is 385 g/mol. The van der Waals surface area contributed by atoms with Crippen LogP contribution in [0.1, 0.15) is 16.8 Å². The van der Waals surface area contributed by atoms with Crippen molar-refractivity contribution in [3.63, 3.8) is 0 Å². The molecular weight excluding hydrogens is 370 g/mol. The van der Waals surface area contributed by atoms with E-state index in [4.69, 9.17) is 4.74 Å². The van der Waals surface area contributed by atoms with E-state index in [0.29, 0.717) is 12.0 Å². The molecule has 0 radical (unpaired) electrons. The molecule has 0 N–H and O–H groups in total. The zero-order chi connectivity index (χ0) is 15.6. The molecule has 0 saturated carbocycles. The molecule has 0 bridgehead atoms. The van der Waals surface area contributed by atoms with Gasteiger partial charge < -0.3 is 9.47 Å². The van der Waals surface area contributed by atoms with Gasteiger partial charge in [0.1, 0.15) is 0 Å². The topological polar surface area (TPSA) is 52.6 Å². The lowest BCUT2D eigenvalue weighted by Gasteiger charge is -2.18. The van der Waals surface area contributed by atoms with Crippen LogP contribution >= 0.6 is 15.9 Å². The summed E-state index contributed by atoms with van der Waals surface area (Å²) in [5.41, 5.74) is 0.688. The van der Waals surface area contributed by atoms with Gasteiger partial charge >= 0.3 is 6.61 Å².